The maximum absolute atomic E-state index is 13.1. The zero-order valence-electron chi connectivity index (χ0n) is 9.63. The van der Waals surface area contributed by atoms with Crippen molar-refractivity contribution in [3.63, 3.8) is 0 Å². The van der Waals surface area contributed by atoms with Crippen molar-refractivity contribution in [2.45, 2.75) is 32.2 Å². The van der Waals surface area contributed by atoms with Crippen LogP contribution in [0.25, 0.3) is 0 Å². The Bertz CT molecular complexity index is 375. The van der Waals surface area contributed by atoms with Gasteiger partial charge < -0.3 is 5.73 Å². The van der Waals surface area contributed by atoms with Crippen molar-refractivity contribution in [2.75, 3.05) is 0 Å². The van der Waals surface area contributed by atoms with Crippen molar-refractivity contribution < 1.29 is 8.78 Å². The third-order valence-electron chi connectivity index (χ3n) is 3.63. The second-order valence-corrected chi connectivity index (χ2v) is 5.23. The van der Waals surface area contributed by atoms with Crippen LogP contribution in [0.1, 0.15) is 32.3 Å². The number of nitrogens with two attached hydrogens (primary N) is 1. The fourth-order valence-corrected chi connectivity index (χ4v) is 2.42. The van der Waals surface area contributed by atoms with Crippen LogP contribution in [-0.4, -0.2) is 0 Å². The summed E-state index contributed by atoms with van der Waals surface area (Å²) in [6, 6.07) is 3.57. The van der Waals surface area contributed by atoms with Gasteiger partial charge in [-0.05, 0) is 42.4 Å². The second-order valence-electron chi connectivity index (χ2n) is 5.23. The van der Waals surface area contributed by atoms with Gasteiger partial charge in [0, 0.05) is 11.6 Å². The van der Waals surface area contributed by atoms with E-state index in [1.807, 2.05) is 0 Å². The van der Waals surface area contributed by atoms with Crippen LogP contribution in [0.3, 0.4) is 0 Å². The lowest BCUT2D eigenvalue weighted by molar-refractivity contribution is 0.104. The van der Waals surface area contributed by atoms with E-state index in [1.54, 1.807) is 0 Å². The van der Waals surface area contributed by atoms with Crippen molar-refractivity contribution in [3.05, 3.63) is 35.4 Å². The second kappa shape index (κ2) is 3.81. The van der Waals surface area contributed by atoms with Crippen LogP contribution in [0.2, 0.25) is 0 Å². The summed E-state index contributed by atoms with van der Waals surface area (Å²) in [7, 11) is 0. The Hall–Kier alpha value is -0.960. The molecule has 0 radical (unpaired) electrons. The summed E-state index contributed by atoms with van der Waals surface area (Å²) in [5.74, 6) is 0.0482. The fourth-order valence-electron chi connectivity index (χ4n) is 2.42. The van der Waals surface area contributed by atoms with Gasteiger partial charge >= 0.3 is 0 Å². The van der Waals surface area contributed by atoms with Crippen LogP contribution in [0.5, 0.6) is 0 Å². The lowest BCUT2D eigenvalue weighted by Gasteiger charge is -2.47. The predicted octanol–water partition coefficient (Wildman–Crippen LogP) is 3.18. The third kappa shape index (κ3) is 1.96. The topological polar surface area (TPSA) is 26.0 Å². The molecule has 1 aliphatic carbocycles. The molecule has 2 N–H and O–H groups in total. The Labute approximate surface area is 94.7 Å². The molecule has 0 spiro atoms. The Morgan fingerprint density at radius 3 is 2.12 bits per heavy atom. The van der Waals surface area contributed by atoms with Crippen molar-refractivity contribution in [2.24, 2.45) is 17.6 Å². The van der Waals surface area contributed by atoms with Crippen molar-refractivity contribution in [3.8, 4) is 0 Å². The Morgan fingerprint density at radius 1 is 1.19 bits per heavy atom. The molecule has 0 atom stereocenters. The van der Waals surface area contributed by atoms with Crippen molar-refractivity contribution in [1.82, 2.24) is 0 Å². The van der Waals surface area contributed by atoms with Crippen molar-refractivity contribution >= 4 is 0 Å². The van der Waals surface area contributed by atoms with Crippen LogP contribution in [0.15, 0.2) is 18.2 Å². The molecule has 0 amide bonds. The van der Waals surface area contributed by atoms with Crippen LogP contribution in [0.4, 0.5) is 8.78 Å². The maximum atomic E-state index is 13.1. The highest BCUT2D eigenvalue weighted by atomic mass is 19.1. The Morgan fingerprint density at radius 2 is 1.69 bits per heavy atom. The van der Waals surface area contributed by atoms with E-state index in [2.05, 4.69) is 13.8 Å². The summed E-state index contributed by atoms with van der Waals surface area (Å²) >= 11 is 0. The molecule has 0 saturated heterocycles. The molecule has 3 heteroatoms. The molecule has 16 heavy (non-hydrogen) atoms. The molecule has 1 aromatic carbocycles. The van der Waals surface area contributed by atoms with Gasteiger partial charge in [-0.25, -0.2) is 8.78 Å². The van der Waals surface area contributed by atoms with E-state index in [9.17, 15) is 8.78 Å². The highest BCUT2D eigenvalue weighted by Crippen LogP contribution is 2.46. The average Bonchev–Trinajstić information content (AvgIpc) is 2.10. The highest BCUT2D eigenvalue weighted by Gasteiger charge is 2.43. The van der Waals surface area contributed by atoms with Gasteiger partial charge in [-0.15, -0.1) is 0 Å². The largest absolute Gasteiger partial charge is 0.321 e. The molecule has 1 saturated carbocycles. The zero-order chi connectivity index (χ0) is 11.9. The standard InChI is InChI=1S/C13H17F2N/c1-8(2)9-6-13(16,7-9)10-3-11(14)5-12(15)4-10/h3-5,8-9H,6-7,16H2,1-2H3. The third-order valence-corrected chi connectivity index (χ3v) is 3.63. The SMILES string of the molecule is CC(C)C1CC(N)(c2cc(F)cc(F)c2)C1. The quantitative estimate of drug-likeness (QED) is 0.822. The zero-order valence-corrected chi connectivity index (χ0v) is 9.63. The minimum atomic E-state index is -0.548. The van der Waals surface area contributed by atoms with Gasteiger partial charge in [0.1, 0.15) is 11.6 Å². The molecular formula is C13H17F2N. The summed E-state index contributed by atoms with van der Waals surface area (Å²) in [6.07, 6.45) is 1.63. The lowest BCUT2D eigenvalue weighted by atomic mass is 9.62. The van der Waals surface area contributed by atoms with Gasteiger partial charge in [0.2, 0.25) is 0 Å². The van der Waals surface area contributed by atoms with Gasteiger partial charge in [-0.3, -0.25) is 0 Å². The summed E-state index contributed by atoms with van der Waals surface area (Å²) in [5.41, 5.74) is 6.21. The van der Waals surface area contributed by atoms with Crippen LogP contribution in [-0.2, 0) is 5.54 Å². The molecule has 1 nitrogen and oxygen atoms in total. The molecular weight excluding hydrogens is 208 g/mol. The molecule has 1 aromatic rings. The van der Waals surface area contributed by atoms with Gasteiger partial charge in [0.05, 0.1) is 0 Å². The first-order valence-electron chi connectivity index (χ1n) is 5.66. The van der Waals surface area contributed by atoms with E-state index in [1.165, 1.54) is 12.1 Å². The van der Waals surface area contributed by atoms with Gasteiger partial charge in [-0.2, -0.15) is 0 Å². The van der Waals surface area contributed by atoms with E-state index >= 15 is 0 Å². The Kier molecular flexibility index (Phi) is 2.74. The molecule has 0 aromatic heterocycles. The van der Waals surface area contributed by atoms with E-state index in [0.717, 1.165) is 18.9 Å². The molecule has 0 aliphatic heterocycles. The summed E-state index contributed by atoms with van der Waals surface area (Å²) < 4.78 is 26.2. The predicted molar refractivity (Wildman–Crippen MR) is 59.8 cm³/mol. The first-order chi connectivity index (χ1) is 7.40. The first-order valence-corrected chi connectivity index (χ1v) is 5.66. The molecule has 1 fully saturated rings. The van der Waals surface area contributed by atoms with E-state index in [4.69, 9.17) is 5.73 Å². The normalized spacial score (nSPS) is 29.2. The number of rotatable bonds is 2. The molecule has 88 valence electrons. The first kappa shape index (κ1) is 11.5. The smallest absolute Gasteiger partial charge is 0.126 e. The molecule has 0 heterocycles. The number of halogens is 2. The molecule has 0 unspecified atom stereocenters. The summed E-state index contributed by atoms with van der Waals surface area (Å²) in [5, 5.41) is 0. The van der Waals surface area contributed by atoms with Crippen LogP contribution < -0.4 is 5.73 Å². The monoisotopic (exact) mass is 225 g/mol. The minimum Gasteiger partial charge on any atom is -0.321 e. The van der Waals surface area contributed by atoms with Crippen LogP contribution in [0, 0.1) is 23.5 Å². The molecule has 0 bridgehead atoms. The van der Waals surface area contributed by atoms with Crippen molar-refractivity contribution in [1.29, 1.82) is 0 Å². The highest BCUT2D eigenvalue weighted by molar-refractivity contribution is 5.28. The summed E-state index contributed by atoms with van der Waals surface area (Å²) in [4.78, 5) is 0. The number of hydrogen-bond donors (Lipinski definition) is 1. The summed E-state index contributed by atoms with van der Waals surface area (Å²) in [6.45, 7) is 4.30. The molecule has 2 rings (SSSR count). The van der Waals surface area contributed by atoms with Crippen LogP contribution >= 0.6 is 0 Å². The number of benzene rings is 1. The Balaban J connectivity index is 2.19. The van der Waals surface area contributed by atoms with Gasteiger partial charge in [0.15, 0.2) is 0 Å². The van der Waals surface area contributed by atoms with E-state index < -0.39 is 17.2 Å². The van der Waals surface area contributed by atoms with E-state index in [0.29, 0.717) is 17.4 Å². The van der Waals surface area contributed by atoms with Gasteiger partial charge in [0.25, 0.3) is 0 Å². The maximum Gasteiger partial charge on any atom is 0.126 e. The lowest BCUT2D eigenvalue weighted by Crippen LogP contribution is -2.50. The number of hydrogen-bond acceptors (Lipinski definition) is 1. The van der Waals surface area contributed by atoms with Gasteiger partial charge in [-0.1, -0.05) is 13.8 Å². The fraction of sp³-hybridized carbons (Fsp3) is 0.538. The average molecular weight is 225 g/mol. The van der Waals surface area contributed by atoms with E-state index in [-0.39, 0.29) is 0 Å². The minimum absolute atomic E-state index is 0.530. The molecule has 1 aliphatic rings.